The van der Waals surface area contributed by atoms with Crippen LogP contribution in [0.25, 0.3) is 11.3 Å². The molecule has 2 bridgehead atoms. The molecule has 3 saturated heterocycles. The third kappa shape index (κ3) is 2.93. The molecule has 3 aliphatic rings. The predicted octanol–water partition coefficient (Wildman–Crippen LogP) is 2.93. The second-order valence-electron chi connectivity index (χ2n) is 6.23. The van der Waals surface area contributed by atoms with Gasteiger partial charge >= 0.3 is 5.91 Å². The highest BCUT2D eigenvalue weighted by Crippen LogP contribution is 2.29. The molecule has 0 aliphatic carbocycles. The largest absolute Gasteiger partial charge is 0.432 e. The molecule has 4 heterocycles. The van der Waals surface area contributed by atoms with E-state index in [9.17, 15) is 4.79 Å². The quantitative estimate of drug-likeness (QED) is 0.895. The van der Waals surface area contributed by atoms with Gasteiger partial charge < -0.3 is 14.6 Å². The molecule has 1 aromatic heterocycles. The number of aromatic nitrogens is 1. The summed E-state index contributed by atoms with van der Waals surface area (Å²) in [6.45, 7) is 3.25. The first-order chi connectivity index (χ1) is 11.2. The van der Waals surface area contributed by atoms with Crippen LogP contribution in [-0.4, -0.2) is 41.5 Å². The van der Waals surface area contributed by atoms with Crippen LogP contribution >= 0.6 is 15.9 Å². The van der Waals surface area contributed by atoms with Gasteiger partial charge in [-0.25, -0.2) is 4.98 Å². The minimum Gasteiger partial charge on any atom is -0.432 e. The number of oxazole rings is 1. The number of benzene rings is 1. The Hall–Kier alpha value is -1.66. The van der Waals surface area contributed by atoms with E-state index in [1.54, 1.807) is 6.20 Å². The maximum absolute atomic E-state index is 12.4. The number of carbonyl (C=O) groups excluding carboxylic acids is 1. The Kier molecular flexibility index (Phi) is 3.95. The average molecular weight is 376 g/mol. The molecule has 23 heavy (non-hydrogen) atoms. The van der Waals surface area contributed by atoms with Crippen LogP contribution in [0.1, 0.15) is 23.5 Å². The van der Waals surface area contributed by atoms with Crippen molar-refractivity contribution in [2.24, 2.45) is 5.92 Å². The second kappa shape index (κ2) is 6.09. The highest BCUT2D eigenvalue weighted by Gasteiger charge is 2.35. The lowest BCUT2D eigenvalue weighted by molar-refractivity contribution is 0.0602. The molecule has 1 N–H and O–H groups in total. The number of rotatable bonds is 3. The maximum Gasteiger partial charge on any atom is 0.307 e. The summed E-state index contributed by atoms with van der Waals surface area (Å²) >= 11 is 3.49. The van der Waals surface area contributed by atoms with Gasteiger partial charge in [0.05, 0.1) is 6.20 Å². The molecule has 120 valence electrons. The van der Waals surface area contributed by atoms with Crippen LogP contribution in [0.2, 0.25) is 0 Å². The van der Waals surface area contributed by atoms with E-state index in [1.165, 1.54) is 12.8 Å². The molecule has 5 rings (SSSR count). The number of hydrogen-bond donors (Lipinski definition) is 1. The van der Waals surface area contributed by atoms with Crippen LogP contribution < -0.4 is 5.32 Å². The van der Waals surface area contributed by atoms with E-state index >= 15 is 0 Å². The molecule has 1 atom stereocenters. The fourth-order valence-corrected chi connectivity index (χ4v) is 4.00. The summed E-state index contributed by atoms with van der Waals surface area (Å²) in [6.07, 6.45) is 3.93. The molecule has 1 unspecified atom stereocenters. The Labute approximate surface area is 143 Å². The molecule has 3 aliphatic heterocycles. The standard InChI is InChI=1S/C17H18BrN3O2/c18-13-4-2-1-3-12(13)15-9-19-17(23-15)16(22)20-14-10-21-7-5-11(14)6-8-21/h1-4,9,11,14H,5-8,10H2,(H,20,22). The summed E-state index contributed by atoms with van der Waals surface area (Å²) in [5.74, 6) is 1.09. The molecule has 1 aromatic carbocycles. The summed E-state index contributed by atoms with van der Waals surface area (Å²) in [6, 6.07) is 7.94. The molecule has 3 fully saturated rings. The Balaban J connectivity index is 1.48. The van der Waals surface area contributed by atoms with Crippen molar-refractivity contribution in [2.45, 2.75) is 18.9 Å². The van der Waals surface area contributed by atoms with Crippen molar-refractivity contribution < 1.29 is 9.21 Å². The first kappa shape index (κ1) is 14.9. The van der Waals surface area contributed by atoms with Gasteiger partial charge in [-0.05, 0) is 37.9 Å². The average Bonchev–Trinajstić information content (AvgIpc) is 3.06. The van der Waals surface area contributed by atoms with Gasteiger partial charge in [0, 0.05) is 22.6 Å². The zero-order chi connectivity index (χ0) is 15.8. The van der Waals surface area contributed by atoms with Crippen LogP contribution in [0, 0.1) is 5.92 Å². The van der Waals surface area contributed by atoms with Crippen LogP contribution in [0.5, 0.6) is 0 Å². The summed E-state index contributed by atoms with van der Waals surface area (Å²) in [5.41, 5.74) is 0.891. The van der Waals surface area contributed by atoms with E-state index < -0.39 is 0 Å². The highest BCUT2D eigenvalue weighted by molar-refractivity contribution is 9.10. The zero-order valence-corrected chi connectivity index (χ0v) is 14.3. The Morgan fingerprint density at radius 1 is 1.30 bits per heavy atom. The SMILES string of the molecule is O=C(NC1CN2CCC1CC2)c1ncc(-c2ccccc2Br)o1. The molecule has 5 nitrogen and oxygen atoms in total. The summed E-state index contributed by atoms with van der Waals surface area (Å²) in [5, 5.41) is 3.10. The van der Waals surface area contributed by atoms with Crippen molar-refractivity contribution in [2.75, 3.05) is 19.6 Å². The lowest BCUT2D eigenvalue weighted by atomic mass is 9.84. The molecule has 2 aromatic rings. The van der Waals surface area contributed by atoms with Gasteiger partial charge in [-0.1, -0.05) is 34.1 Å². The summed E-state index contributed by atoms with van der Waals surface area (Å²) in [4.78, 5) is 19.0. The monoisotopic (exact) mass is 375 g/mol. The number of hydrogen-bond acceptors (Lipinski definition) is 4. The number of nitrogens with one attached hydrogen (secondary N) is 1. The van der Waals surface area contributed by atoms with Crippen molar-refractivity contribution in [1.29, 1.82) is 0 Å². The van der Waals surface area contributed by atoms with E-state index in [-0.39, 0.29) is 17.8 Å². The van der Waals surface area contributed by atoms with Gasteiger partial charge in [-0.2, -0.15) is 0 Å². The van der Waals surface area contributed by atoms with Crippen molar-refractivity contribution in [3.8, 4) is 11.3 Å². The van der Waals surface area contributed by atoms with Gasteiger partial charge in [0.25, 0.3) is 5.89 Å². The summed E-state index contributed by atoms with van der Waals surface area (Å²) < 4.78 is 6.58. The van der Waals surface area contributed by atoms with Crippen LogP contribution in [-0.2, 0) is 0 Å². The third-order valence-electron chi connectivity index (χ3n) is 4.81. The lowest BCUT2D eigenvalue weighted by Gasteiger charge is -2.44. The van der Waals surface area contributed by atoms with Gasteiger partial charge in [-0.3, -0.25) is 4.79 Å². The normalized spacial score (nSPS) is 26.2. The van der Waals surface area contributed by atoms with E-state index in [4.69, 9.17) is 4.42 Å². The number of piperidine rings is 3. The number of nitrogens with zero attached hydrogens (tertiary/aromatic N) is 2. The van der Waals surface area contributed by atoms with Gasteiger partial charge in [0.15, 0.2) is 5.76 Å². The van der Waals surface area contributed by atoms with E-state index in [0.29, 0.717) is 11.7 Å². The first-order valence-electron chi connectivity index (χ1n) is 7.94. The van der Waals surface area contributed by atoms with Crippen LogP contribution in [0.4, 0.5) is 0 Å². The van der Waals surface area contributed by atoms with Crippen molar-refractivity contribution in [3.05, 3.63) is 40.8 Å². The van der Waals surface area contributed by atoms with Crippen LogP contribution in [0.3, 0.4) is 0 Å². The molecule has 0 saturated carbocycles. The Morgan fingerprint density at radius 2 is 2.09 bits per heavy atom. The molecule has 0 spiro atoms. The number of halogens is 1. The number of carbonyl (C=O) groups is 1. The Bertz CT molecular complexity index is 722. The smallest absolute Gasteiger partial charge is 0.307 e. The van der Waals surface area contributed by atoms with Gasteiger partial charge in [0.1, 0.15) is 0 Å². The Morgan fingerprint density at radius 3 is 2.78 bits per heavy atom. The van der Waals surface area contributed by atoms with E-state index in [1.807, 2.05) is 24.3 Å². The van der Waals surface area contributed by atoms with Crippen LogP contribution in [0.15, 0.2) is 39.4 Å². The van der Waals surface area contributed by atoms with E-state index in [0.717, 1.165) is 29.7 Å². The molecule has 0 radical (unpaired) electrons. The fraction of sp³-hybridized carbons (Fsp3) is 0.412. The number of amides is 1. The zero-order valence-electron chi connectivity index (χ0n) is 12.7. The molecular weight excluding hydrogens is 358 g/mol. The molecular formula is C17H18BrN3O2. The second-order valence-corrected chi connectivity index (χ2v) is 7.08. The lowest BCUT2D eigenvalue weighted by Crippen LogP contribution is -2.57. The number of fused-ring (bicyclic) bond motifs is 3. The maximum atomic E-state index is 12.4. The van der Waals surface area contributed by atoms with Crippen molar-refractivity contribution >= 4 is 21.8 Å². The summed E-state index contributed by atoms with van der Waals surface area (Å²) in [7, 11) is 0. The van der Waals surface area contributed by atoms with Gasteiger partial charge in [0.2, 0.25) is 0 Å². The molecule has 1 amide bonds. The van der Waals surface area contributed by atoms with Gasteiger partial charge in [-0.15, -0.1) is 0 Å². The molecule has 6 heteroatoms. The highest BCUT2D eigenvalue weighted by atomic mass is 79.9. The van der Waals surface area contributed by atoms with Crippen molar-refractivity contribution in [1.82, 2.24) is 15.2 Å². The predicted molar refractivity (Wildman–Crippen MR) is 90.1 cm³/mol. The first-order valence-corrected chi connectivity index (χ1v) is 8.74. The minimum atomic E-state index is -0.220. The minimum absolute atomic E-state index is 0.132. The topological polar surface area (TPSA) is 58.4 Å². The third-order valence-corrected chi connectivity index (χ3v) is 5.50. The van der Waals surface area contributed by atoms with Crippen molar-refractivity contribution in [3.63, 3.8) is 0 Å². The van der Waals surface area contributed by atoms with E-state index in [2.05, 4.69) is 31.1 Å². The fourth-order valence-electron chi connectivity index (χ4n) is 3.52.